The second kappa shape index (κ2) is 6.26. The van der Waals surface area contributed by atoms with Gasteiger partial charge in [0.1, 0.15) is 11.4 Å². The van der Waals surface area contributed by atoms with Crippen LogP contribution in [0.2, 0.25) is 0 Å². The zero-order valence-electron chi connectivity index (χ0n) is 13.1. The van der Waals surface area contributed by atoms with Crippen molar-refractivity contribution in [2.24, 2.45) is 5.92 Å². The number of rotatable bonds is 7. The van der Waals surface area contributed by atoms with E-state index in [1.165, 1.54) is 7.11 Å². The number of ether oxygens (including phenoxy) is 1. The van der Waals surface area contributed by atoms with Gasteiger partial charge in [0.2, 0.25) is 5.92 Å². The molecule has 0 aliphatic heterocycles. The molecule has 3 rings (SSSR count). The van der Waals surface area contributed by atoms with Gasteiger partial charge in [0.25, 0.3) is 5.56 Å². The molecule has 0 bridgehead atoms. The van der Waals surface area contributed by atoms with Gasteiger partial charge in [-0.25, -0.2) is 13.8 Å². The van der Waals surface area contributed by atoms with Crippen molar-refractivity contribution in [3.05, 3.63) is 34.2 Å². The van der Waals surface area contributed by atoms with Crippen LogP contribution in [0, 0.1) is 5.92 Å². The van der Waals surface area contributed by atoms with Gasteiger partial charge in [0.05, 0.1) is 18.1 Å². The SMILES string of the molecule is COc1ccc2nc(CCC(F)(F)CCC3CC3)c(=O)[nH]c2c1. The molecule has 0 spiro atoms. The van der Waals surface area contributed by atoms with Crippen molar-refractivity contribution in [2.45, 2.75) is 44.4 Å². The van der Waals surface area contributed by atoms with Crippen LogP contribution in [-0.4, -0.2) is 23.0 Å². The first-order valence-electron chi connectivity index (χ1n) is 7.92. The highest BCUT2D eigenvalue weighted by Crippen LogP contribution is 2.37. The van der Waals surface area contributed by atoms with Crippen LogP contribution in [0.5, 0.6) is 5.75 Å². The highest BCUT2D eigenvalue weighted by Gasteiger charge is 2.32. The van der Waals surface area contributed by atoms with Gasteiger partial charge in [-0.05, 0) is 24.5 Å². The molecule has 23 heavy (non-hydrogen) atoms. The van der Waals surface area contributed by atoms with E-state index in [-0.39, 0.29) is 25.0 Å². The predicted molar refractivity (Wildman–Crippen MR) is 84.1 cm³/mol. The summed E-state index contributed by atoms with van der Waals surface area (Å²) in [6.07, 6.45) is 2.28. The van der Waals surface area contributed by atoms with Gasteiger partial charge < -0.3 is 9.72 Å². The number of aromatic amines is 1. The van der Waals surface area contributed by atoms with Crippen molar-refractivity contribution in [2.75, 3.05) is 7.11 Å². The summed E-state index contributed by atoms with van der Waals surface area (Å²) in [4.78, 5) is 18.9. The number of methoxy groups -OCH3 is 1. The molecule has 1 saturated carbocycles. The Morgan fingerprint density at radius 3 is 2.83 bits per heavy atom. The van der Waals surface area contributed by atoms with Crippen LogP contribution in [0.15, 0.2) is 23.0 Å². The summed E-state index contributed by atoms with van der Waals surface area (Å²) in [5.74, 6) is -1.64. The summed E-state index contributed by atoms with van der Waals surface area (Å²) in [5.41, 5.74) is 0.859. The van der Waals surface area contributed by atoms with E-state index in [1.807, 2.05) is 0 Å². The molecular weight excluding hydrogens is 302 g/mol. The Kier molecular flexibility index (Phi) is 4.33. The summed E-state index contributed by atoms with van der Waals surface area (Å²) in [6.45, 7) is 0. The lowest BCUT2D eigenvalue weighted by atomic mass is 10.0. The van der Waals surface area contributed by atoms with Gasteiger partial charge in [0.15, 0.2) is 0 Å². The highest BCUT2D eigenvalue weighted by atomic mass is 19.3. The number of nitrogens with one attached hydrogen (secondary N) is 1. The van der Waals surface area contributed by atoms with Crippen LogP contribution in [0.3, 0.4) is 0 Å². The minimum Gasteiger partial charge on any atom is -0.497 e. The van der Waals surface area contributed by atoms with Crippen molar-refractivity contribution >= 4 is 11.0 Å². The molecule has 1 N–H and O–H groups in total. The first kappa shape index (κ1) is 15.9. The van der Waals surface area contributed by atoms with E-state index in [2.05, 4.69) is 9.97 Å². The molecule has 0 unspecified atom stereocenters. The van der Waals surface area contributed by atoms with Crippen LogP contribution in [0.1, 0.15) is 37.8 Å². The molecule has 6 heteroatoms. The molecule has 1 aromatic heterocycles. The molecule has 4 nitrogen and oxygen atoms in total. The number of fused-ring (bicyclic) bond motifs is 1. The number of alkyl halides is 2. The number of hydrogen-bond donors (Lipinski definition) is 1. The molecule has 1 fully saturated rings. The summed E-state index contributed by atoms with van der Waals surface area (Å²) in [5, 5.41) is 0. The van der Waals surface area contributed by atoms with Crippen LogP contribution in [0.25, 0.3) is 11.0 Å². The number of hydrogen-bond acceptors (Lipinski definition) is 3. The fourth-order valence-electron chi connectivity index (χ4n) is 2.65. The van der Waals surface area contributed by atoms with E-state index < -0.39 is 11.5 Å². The van der Waals surface area contributed by atoms with Crippen LogP contribution >= 0.6 is 0 Å². The molecule has 0 radical (unpaired) electrons. The zero-order valence-corrected chi connectivity index (χ0v) is 13.1. The maximum Gasteiger partial charge on any atom is 0.270 e. The average Bonchev–Trinajstić information content (AvgIpc) is 3.35. The van der Waals surface area contributed by atoms with Gasteiger partial charge in [-0.1, -0.05) is 12.8 Å². The average molecular weight is 322 g/mol. The van der Waals surface area contributed by atoms with E-state index in [1.54, 1.807) is 18.2 Å². The summed E-state index contributed by atoms with van der Waals surface area (Å²) in [7, 11) is 1.53. The maximum atomic E-state index is 13.9. The number of aryl methyl sites for hydroxylation is 1. The number of nitrogens with zero attached hydrogens (tertiary/aromatic N) is 1. The Balaban J connectivity index is 1.71. The Morgan fingerprint density at radius 2 is 2.13 bits per heavy atom. The third-order valence-electron chi connectivity index (χ3n) is 4.31. The first-order chi connectivity index (χ1) is 11.0. The first-order valence-corrected chi connectivity index (χ1v) is 7.92. The van der Waals surface area contributed by atoms with Crippen LogP contribution in [0.4, 0.5) is 8.78 Å². The Bertz CT molecular complexity index is 754. The van der Waals surface area contributed by atoms with Gasteiger partial charge in [-0.2, -0.15) is 0 Å². The minimum atomic E-state index is -2.73. The molecule has 0 saturated heterocycles. The van der Waals surface area contributed by atoms with Gasteiger partial charge in [0, 0.05) is 25.3 Å². The molecule has 2 aromatic rings. The summed E-state index contributed by atoms with van der Waals surface area (Å²) in [6, 6.07) is 5.10. The molecule has 0 amide bonds. The number of aromatic nitrogens is 2. The quantitative estimate of drug-likeness (QED) is 0.846. The van der Waals surface area contributed by atoms with Gasteiger partial charge in [-0.3, -0.25) is 4.79 Å². The molecular formula is C17H20F2N2O2. The fraction of sp³-hybridized carbons (Fsp3) is 0.529. The van der Waals surface area contributed by atoms with E-state index in [0.29, 0.717) is 29.1 Å². The normalized spacial score (nSPS) is 15.1. The van der Waals surface area contributed by atoms with Crippen molar-refractivity contribution in [3.8, 4) is 5.75 Å². The van der Waals surface area contributed by atoms with E-state index >= 15 is 0 Å². The third kappa shape index (κ3) is 4.06. The van der Waals surface area contributed by atoms with Crippen LogP contribution in [-0.2, 0) is 6.42 Å². The van der Waals surface area contributed by atoms with Crippen molar-refractivity contribution in [1.29, 1.82) is 0 Å². The van der Waals surface area contributed by atoms with Crippen molar-refractivity contribution < 1.29 is 13.5 Å². The highest BCUT2D eigenvalue weighted by molar-refractivity contribution is 5.75. The van der Waals surface area contributed by atoms with E-state index in [4.69, 9.17) is 4.74 Å². The Hall–Kier alpha value is -1.98. The topological polar surface area (TPSA) is 55.0 Å². The minimum absolute atomic E-state index is 0.0189. The standard InChI is InChI=1S/C17H20F2N2O2/c1-23-12-4-5-13-15(10-12)21-16(22)14(20-13)7-9-17(18,19)8-6-11-2-3-11/h4-5,10-11H,2-3,6-9H2,1H3,(H,21,22). The predicted octanol–water partition coefficient (Wildman–Crippen LogP) is 3.69. The Morgan fingerprint density at radius 1 is 1.35 bits per heavy atom. The molecule has 1 heterocycles. The molecule has 124 valence electrons. The van der Waals surface area contributed by atoms with E-state index in [9.17, 15) is 13.6 Å². The molecule has 1 aliphatic carbocycles. The lowest BCUT2D eigenvalue weighted by Gasteiger charge is -2.15. The third-order valence-corrected chi connectivity index (χ3v) is 4.31. The monoisotopic (exact) mass is 322 g/mol. The van der Waals surface area contributed by atoms with E-state index in [0.717, 1.165) is 12.8 Å². The largest absolute Gasteiger partial charge is 0.497 e. The van der Waals surface area contributed by atoms with Crippen molar-refractivity contribution in [3.63, 3.8) is 0 Å². The molecule has 1 aromatic carbocycles. The number of halogens is 2. The second-order valence-corrected chi connectivity index (χ2v) is 6.23. The fourth-order valence-corrected chi connectivity index (χ4v) is 2.65. The van der Waals surface area contributed by atoms with Crippen molar-refractivity contribution in [1.82, 2.24) is 9.97 Å². The van der Waals surface area contributed by atoms with Crippen LogP contribution < -0.4 is 10.3 Å². The molecule has 0 atom stereocenters. The smallest absolute Gasteiger partial charge is 0.270 e. The second-order valence-electron chi connectivity index (χ2n) is 6.23. The molecule has 1 aliphatic rings. The number of benzene rings is 1. The van der Waals surface area contributed by atoms with Gasteiger partial charge >= 0.3 is 0 Å². The maximum absolute atomic E-state index is 13.9. The lowest BCUT2D eigenvalue weighted by molar-refractivity contribution is -0.0191. The summed E-state index contributed by atoms with van der Waals surface area (Å²) < 4.78 is 32.9. The summed E-state index contributed by atoms with van der Waals surface area (Å²) >= 11 is 0. The Labute approximate surface area is 132 Å². The number of H-pyrrole nitrogens is 1. The van der Waals surface area contributed by atoms with Gasteiger partial charge in [-0.15, -0.1) is 0 Å². The lowest BCUT2D eigenvalue weighted by Crippen LogP contribution is -2.21. The zero-order chi connectivity index (χ0) is 16.4.